The second kappa shape index (κ2) is 8.55. The van der Waals surface area contributed by atoms with Crippen LogP contribution in [0.4, 0.5) is 0 Å². The Labute approximate surface area is 146 Å². The maximum Gasteiger partial charge on any atom is 0.331 e. The predicted molar refractivity (Wildman–Crippen MR) is 89.7 cm³/mol. The van der Waals surface area contributed by atoms with Gasteiger partial charge in [-0.2, -0.15) is 0 Å². The molecule has 2 aromatic rings. The topological polar surface area (TPSA) is 68.5 Å². The molecule has 120 valence electrons. The Hall–Kier alpha value is -2.05. The molecule has 0 saturated carbocycles. The molecule has 0 fully saturated rings. The zero-order valence-electron chi connectivity index (χ0n) is 11.9. The van der Waals surface area contributed by atoms with E-state index in [1.807, 2.05) is 0 Å². The van der Waals surface area contributed by atoms with Gasteiger partial charge in [0.15, 0.2) is 11.3 Å². The summed E-state index contributed by atoms with van der Waals surface area (Å²) in [5.41, 5.74) is 0.900. The number of furan rings is 1. The van der Waals surface area contributed by atoms with Crippen molar-refractivity contribution in [3.05, 3.63) is 63.5 Å². The molecule has 0 spiro atoms. The Bertz CT molecular complexity index is 709. The van der Waals surface area contributed by atoms with E-state index in [1.54, 1.807) is 36.4 Å². The van der Waals surface area contributed by atoms with Gasteiger partial charge in [0.1, 0.15) is 5.76 Å². The molecule has 0 aliphatic carbocycles. The average molecular weight is 399 g/mol. The van der Waals surface area contributed by atoms with Gasteiger partial charge in [-0.3, -0.25) is 4.79 Å². The van der Waals surface area contributed by atoms with Crippen LogP contribution < -0.4 is 5.32 Å². The minimum Gasteiger partial charge on any atom is -0.452 e. The number of amides is 1. The second-order valence-corrected chi connectivity index (χ2v) is 5.70. The number of esters is 1. The van der Waals surface area contributed by atoms with Crippen molar-refractivity contribution in [1.29, 1.82) is 0 Å². The highest BCUT2D eigenvalue weighted by molar-refractivity contribution is 9.10. The molecule has 1 amide bonds. The average Bonchev–Trinajstić information content (AvgIpc) is 2.96. The van der Waals surface area contributed by atoms with E-state index in [1.165, 1.54) is 12.2 Å². The van der Waals surface area contributed by atoms with Crippen molar-refractivity contribution in [2.24, 2.45) is 0 Å². The summed E-state index contributed by atoms with van der Waals surface area (Å²) in [7, 11) is 0. The second-order valence-electron chi connectivity index (χ2n) is 4.49. The molecular weight excluding hydrogens is 386 g/mol. The SMILES string of the molecule is O=C(COC(=O)C=Cc1ccc(Br)o1)NCc1ccc(Cl)cc1. The number of halogens is 2. The molecule has 0 aliphatic heterocycles. The maximum absolute atomic E-state index is 11.6. The van der Waals surface area contributed by atoms with E-state index in [0.29, 0.717) is 22.0 Å². The molecule has 0 radical (unpaired) electrons. The molecule has 7 heteroatoms. The molecule has 0 aliphatic rings. The van der Waals surface area contributed by atoms with Crippen LogP contribution in [0.15, 0.2) is 51.6 Å². The molecule has 1 aromatic heterocycles. The first-order valence-electron chi connectivity index (χ1n) is 6.64. The Morgan fingerprint density at radius 2 is 1.96 bits per heavy atom. The van der Waals surface area contributed by atoms with Crippen molar-refractivity contribution in [2.45, 2.75) is 6.54 Å². The number of hydrogen-bond acceptors (Lipinski definition) is 4. The van der Waals surface area contributed by atoms with Crippen molar-refractivity contribution in [3.63, 3.8) is 0 Å². The molecule has 0 unspecified atom stereocenters. The largest absolute Gasteiger partial charge is 0.452 e. The van der Waals surface area contributed by atoms with E-state index in [0.717, 1.165) is 5.56 Å². The summed E-state index contributed by atoms with van der Waals surface area (Å²) >= 11 is 8.93. The monoisotopic (exact) mass is 397 g/mol. The van der Waals surface area contributed by atoms with E-state index in [2.05, 4.69) is 21.2 Å². The Balaban J connectivity index is 1.70. The molecule has 5 nitrogen and oxygen atoms in total. The molecule has 1 aromatic carbocycles. The van der Waals surface area contributed by atoms with Crippen LogP contribution in [0.1, 0.15) is 11.3 Å². The van der Waals surface area contributed by atoms with Crippen LogP contribution in [0.25, 0.3) is 6.08 Å². The highest BCUT2D eigenvalue weighted by Gasteiger charge is 2.05. The highest BCUT2D eigenvalue weighted by Crippen LogP contribution is 2.15. The summed E-state index contributed by atoms with van der Waals surface area (Å²) in [5.74, 6) is -0.511. The zero-order valence-corrected chi connectivity index (χ0v) is 14.3. The molecule has 1 heterocycles. The number of carbonyl (C=O) groups is 2. The third-order valence-electron chi connectivity index (χ3n) is 2.73. The summed E-state index contributed by atoms with van der Waals surface area (Å²) in [6.07, 6.45) is 2.65. The van der Waals surface area contributed by atoms with Crippen molar-refractivity contribution in [1.82, 2.24) is 5.32 Å². The minimum absolute atomic E-state index is 0.337. The fraction of sp³-hybridized carbons (Fsp3) is 0.125. The van der Waals surface area contributed by atoms with Gasteiger partial charge in [-0.15, -0.1) is 0 Å². The third kappa shape index (κ3) is 6.30. The van der Waals surface area contributed by atoms with Gasteiger partial charge in [-0.05, 0) is 51.8 Å². The first-order chi connectivity index (χ1) is 11.0. The van der Waals surface area contributed by atoms with Gasteiger partial charge in [0, 0.05) is 17.6 Å². The van der Waals surface area contributed by atoms with E-state index in [9.17, 15) is 9.59 Å². The van der Waals surface area contributed by atoms with Gasteiger partial charge in [-0.25, -0.2) is 4.79 Å². The van der Waals surface area contributed by atoms with Gasteiger partial charge in [0.25, 0.3) is 5.91 Å². The number of rotatable bonds is 6. The Morgan fingerprint density at radius 1 is 1.22 bits per heavy atom. The van der Waals surface area contributed by atoms with Gasteiger partial charge in [0.05, 0.1) is 0 Å². The number of hydrogen-bond donors (Lipinski definition) is 1. The molecule has 1 N–H and O–H groups in total. The van der Waals surface area contributed by atoms with Gasteiger partial charge < -0.3 is 14.5 Å². The van der Waals surface area contributed by atoms with Crippen molar-refractivity contribution in [3.8, 4) is 0 Å². The van der Waals surface area contributed by atoms with Gasteiger partial charge in [-0.1, -0.05) is 23.7 Å². The lowest BCUT2D eigenvalue weighted by atomic mass is 10.2. The summed E-state index contributed by atoms with van der Waals surface area (Å²) < 4.78 is 10.6. The van der Waals surface area contributed by atoms with E-state index >= 15 is 0 Å². The number of carbonyl (C=O) groups excluding carboxylic acids is 2. The lowest BCUT2D eigenvalue weighted by Gasteiger charge is -2.05. The predicted octanol–water partition coefficient (Wildman–Crippen LogP) is 3.57. The summed E-state index contributed by atoms with van der Waals surface area (Å²) in [5, 5.41) is 3.27. The van der Waals surface area contributed by atoms with Crippen molar-refractivity contribution in [2.75, 3.05) is 6.61 Å². The van der Waals surface area contributed by atoms with Crippen molar-refractivity contribution < 1.29 is 18.7 Å². The van der Waals surface area contributed by atoms with E-state index in [-0.39, 0.29) is 12.5 Å². The number of benzene rings is 1. The molecule has 0 saturated heterocycles. The van der Waals surface area contributed by atoms with Gasteiger partial charge in [0.2, 0.25) is 0 Å². The van der Waals surface area contributed by atoms with Crippen LogP contribution in [0.2, 0.25) is 5.02 Å². The van der Waals surface area contributed by atoms with E-state index in [4.69, 9.17) is 20.8 Å². The Morgan fingerprint density at radius 3 is 2.61 bits per heavy atom. The molecule has 0 atom stereocenters. The molecule has 2 rings (SSSR count). The third-order valence-corrected chi connectivity index (χ3v) is 3.40. The van der Waals surface area contributed by atoms with E-state index < -0.39 is 5.97 Å². The quantitative estimate of drug-likeness (QED) is 0.597. The van der Waals surface area contributed by atoms with Crippen LogP contribution in [-0.2, 0) is 20.9 Å². The zero-order chi connectivity index (χ0) is 16.7. The molecular formula is C16H13BrClNO4. The number of nitrogens with one attached hydrogen (secondary N) is 1. The highest BCUT2D eigenvalue weighted by atomic mass is 79.9. The fourth-order valence-electron chi connectivity index (χ4n) is 1.61. The first-order valence-corrected chi connectivity index (χ1v) is 7.81. The van der Waals surface area contributed by atoms with Gasteiger partial charge >= 0.3 is 5.97 Å². The fourth-order valence-corrected chi connectivity index (χ4v) is 2.05. The molecule has 23 heavy (non-hydrogen) atoms. The van der Waals surface area contributed by atoms with Crippen LogP contribution >= 0.6 is 27.5 Å². The summed E-state index contributed by atoms with van der Waals surface area (Å²) in [4.78, 5) is 23.1. The lowest BCUT2D eigenvalue weighted by molar-refractivity contribution is -0.143. The normalized spacial score (nSPS) is 10.7. The van der Waals surface area contributed by atoms with Crippen LogP contribution in [0, 0.1) is 0 Å². The minimum atomic E-state index is -0.626. The van der Waals surface area contributed by atoms with Crippen LogP contribution in [0.3, 0.4) is 0 Å². The maximum atomic E-state index is 11.6. The van der Waals surface area contributed by atoms with Crippen LogP contribution in [0.5, 0.6) is 0 Å². The first kappa shape index (κ1) is 17.3. The summed E-state index contributed by atoms with van der Waals surface area (Å²) in [6, 6.07) is 10.5. The summed E-state index contributed by atoms with van der Waals surface area (Å²) in [6.45, 7) is -0.0115. The Kier molecular flexibility index (Phi) is 6.43. The van der Waals surface area contributed by atoms with Crippen LogP contribution in [-0.4, -0.2) is 18.5 Å². The molecule has 0 bridgehead atoms. The standard InChI is InChI=1S/C16H13BrClNO4/c17-14-7-5-13(23-14)6-8-16(21)22-10-15(20)19-9-11-1-3-12(18)4-2-11/h1-8H,9-10H2,(H,19,20). The lowest BCUT2D eigenvalue weighted by Crippen LogP contribution is -2.28. The number of ether oxygens (including phenoxy) is 1. The smallest absolute Gasteiger partial charge is 0.331 e. The van der Waals surface area contributed by atoms with Crippen molar-refractivity contribution >= 4 is 45.5 Å².